The fourth-order valence-corrected chi connectivity index (χ4v) is 4.05. The molecule has 128 valence electrons. The lowest BCUT2D eigenvalue weighted by Gasteiger charge is -2.28. The van der Waals surface area contributed by atoms with Gasteiger partial charge in [0.2, 0.25) is 5.91 Å². The summed E-state index contributed by atoms with van der Waals surface area (Å²) in [5.41, 5.74) is 1.26. The Bertz CT molecular complexity index is 873. The molecule has 0 fully saturated rings. The number of hydrogen-bond donors (Lipinski definition) is 1. The van der Waals surface area contributed by atoms with E-state index in [0.29, 0.717) is 13.0 Å². The highest BCUT2D eigenvalue weighted by molar-refractivity contribution is 9.11. The summed E-state index contributed by atoms with van der Waals surface area (Å²) in [7, 11) is 0. The van der Waals surface area contributed by atoms with Crippen LogP contribution in [0.4, 0.5) is 0 Å². The van der Waals surface area contributed by atoms with E-state index < -0.39 is 5.41 Å². The Kier molecular flexibility index (Phi) is 5.35. The average Bonchev–Trinajstić information content (AvgIpc) is 3.02. The third kappa shape index (κ3) is 3.99. The van der Waals surface area contributed by atoms with Crippen molar-refractivity contribution in [2.24, 2.45) is 0 Å². The van der Waals surface area contributed by atoms with Gasteiger partial charge in [-0.25, -0.2) is 4.98 Å². The Balaban J connectivity index is 1.95. The first kappa shape index (κ1) is 17.8. The van der Waals surface area contributed by atoms with Gasteiger partial charge < -0.3 is 5.32 Å². The highest BCUT2D eigenvalue weighted by Crippen LogP contribution is 2.32. The van der Waals surface area contributed by atoms with E-state index in [1.54, 1.807) is 11.3 Å². The normalized spacial score (nSPS) is 13.4. The van der Waals surface area contributed by atoms with Crippen LogP contribution in [0.2, 0.25) is 0 Å². The molecule has 0 aliphatic rings. The zero-order valence-electron chi connectivity index (χ0n) is 14.0. The lowest BCUT2D eigenvalue weighted by molar-refractivity contribution is -0.126. The Morgan fingerprint density at radius 1 is 1.20 bits per heavy atom. The van der Waals surface area contributed by atoms with E-state index in [0.717, 1.165) is 25.3 Å². The van der Waals surface area contributed by atoms with Crippen LogP contribution in [0.1, 0.15) is 17.5 Å². The van der Waals surface area contributed by atoms with Crippen LogP contribution in [-0.2, 0) is 16.6 Å². The Labute approximate surface area is 159 Å². The molecule has 25 heavy (non-hydrogen) atoms. The fourth-order valence-electron chi connectivity index (χ4n) is 2.79. The van der Waals surface area contributed by atoms with E-state index in [4.69, 9.17) is 4.98 Å². The van der Waals surface area contributed by atoms with E-state index in [2.05, 4.69) is 33.9 Å². The summed E-state index contributed by atoms with van der Waals surface area (Å²) in [5.74, 6) is -0.0291. The van der Waals surface area contributed by atoms with Crippen LogP contribution in [0, 0.1) is 0 Å². The first-order valence-electron chi connectivity index (χ1n) is 8.00. The molecule has 1 N–H and O–H groups in total. The van der Waals surface area contributed by atoms with Gasteiger partial charge in [0.15, 0.2) is 0 Å². The van der Waals surface area contributed by atoms with Crippen molar-refractivity contribution in [2.45, 2.75) is 18.8 Å². The van der Waals surface area contributed by atoms with Gasteiger partial charge in [0.1, 0.15) is 0 Å². The molecule has 2 aromatic carbocycles. The van der Waals surface area contributed by atoms with Gasteiger partial charge in [-0.15, -0.1) is 11.3 Å². The van der Waals surface area contributed by atoms with Crippen LogP contribution in [0.5, 0.6) is 0 Å². The molecule has 0 saturated carbocycles. The molecule has 0 saturated heterocycles. The van der Waals surface area contributed by atoms with Crippen molar-refractivity contribution in [1.29, 1.82) is 0 Å². The van der Waals surface area contributed by atoms with Gasteiger partial charge in [-0.05, 0) is 24.6 Å². The molecular formula is C20H19BrN2OS. The second kappa shape index (κ2) is 7.50. The molecule has 1 aromatic heterocycles. The molecule has 1 atom stereocenters. The van der Waals surface area contributed by atoms with Crippen molar-refractivity contribution in [2.75, 3.05) is 6.54 Å². The lowest BCUT2D eigenvalue weighted by Crippen LogP contribution is -2.44. The minimum absolute atomic E-state index is 0.0291. The largest absolute Gasteiger partial charge is 0.351 e. The minimum Gasteiger partial charge on any atom is -0.351 e. The van der Waals surface area contributed by atoms with Gasteiger partial charge in [-0.2, -0.15) is 0 Å². The third-order valence-electron chi connectivity index (χ3n) is 4.20. The number of rotatable bonds is 6. The summed E-state index contributed by atoms with van der Waals surface area (Å²) in [6.07, 6.45) is 0.553. The minimum atomic E-state index is -0.697. The summed E-state index contributed by atoms with van der Waals surface area (Å²) in [4.78, 5) is 17.7. The number of fused-ring (bicyclic) bond motifs is 1. The molecule has 3 rings (SSSR count). The number of nitrogens with zero attached hydrogens (tertiary/aromatic N) is 1. The number of hydrogen-bond acceptors (Lipinski definition) is 3. The molecular weight excluding hydrogens is 396 g/mol. The number of aromatic nitrogens is 1. The maximum absolute atomic E-state index is 13.0. The summed E-state index contributed by atoms with van der Waals surface area (Å²) < 4.78 is 1.89. The molecule has 3 aromatic rings. The first-order chi connectivity index (χ1) is 12.0. The van der Waals surface area contributed by atoms with E-state index in [9.17, 15) is 4.79 Å². The van der Waals surface area contributed by atoms with Crippen molar-refractivity contribution in [3.63, 3.8) is 0 Å². The predicted octanol–water partition coefficient (Wildman–Crippen LogP) is 4.82. The summed E-state index contributed by atoms with van der Waals surface area (Å²) in [5, 5.41) is 3.93. The molecule has 0 aliphatic carbocycles. The number of thiazole rings is 1. The van der Waals surface area contributed by atoms with E-state index in [1.165, 1.54) is 0 Å². The molecule has 1 amide bonds. The topological polar surface area (TPSA) is 42.0 Å². The van der Waals surface area contributed by atoms with Gasteiger partial charge in [-0.1, -0.05) is 65.0 Å². The van der Waals surface area contributed by atoms with Crippen LogP contribution in [0.3, 0.4) is 0 Å². The van der Waals surface area contributed by atoms with Crippen LogP contribution in [0.25, 0.3) is 10.2 Å². The van der Waals surface area contributed by atoms with Crippen LogP contribution in [-0.4, -0.2) is 17.4 Å². The highest BCUT2D eigenvalue weighted by Gasteiger charge is 2.36. The first-order valence-corrected chi connectivity index (χ1v) is 9.61. The highest BCUT2D eigenvalue weighted by atomic mass is 79.9. The second-order valence-corrected chi connectivity index (χ2v) is 8.39. The van der Waals surface area contributed by atoms with Crippen LogP contribution < -0.4 is 5.32 Å². The van der Waals surface area contributed by atoms with Crippen molar-refractivity contribution >= 4 is 43.4 Å². The van der Waals surface area contributed by atoms with Gasteiger partial charge in [0.25, 0.3) is 0 Å². The smallest absolute Gasteiger partial charge is 0.231 e. The van der Waals surface area contributed by atoms with Gasteiger partial charge in [0.05, 0.1) is 20.6 Å². The number of nitrogens with one attached hydrogen (secondary N) is 1. The predicted molar refractivity (Wildman–Crippen MR) is 108 cm³/mol. The second-order valence-electron chi connectivity index (χ2n) is 6.15. The van der Waals surface area contributed by atoms with E-state index in [1.807, 2.05) is 55.5 Å². The molecule has 3 nitrogen and oxygen atoms in total. The lowest BCUT2D eigenvalue weighted by atomic mass is 9.78. The Morgan fingerprint density at radius 2 is 1.88 bits per heavy atom. The Hall–Kier alpha value is -1.98. The number of carbonyl (C=O) groups is 1. The van der Waals surface area contributed by atoms with Crippen molar-refractivity contribution in [3.8, 4) is 0 Å². The van der Waals surface area contributed by atoms with E-state index in [-0.39, 0.29) is 5.91 Å². The monoisotopic (exact) mass is 414 g/mol. The summed E-state index contributed by atoms with van der Waals surface area (Å²) in [6.45, 7) is 6.16. The van der Waals surface area contributed by atoms with Crippen LogP contribution in [0.15, 0.2) is 65.7 Å². The fraction of sp³-hybridized carbons (Fsp3) is 0.200. The number of carbonyl (C=O) groups excluding carboxylic acids is 1. The molecule has 1 unspecified atom stereocenters. The molecule has 0 radical (unpaired) electrons. The quantitative estimate of drug-likeness (QED) is 0.627. The number of para-hydroxylation sites is 1. The molecule has 0 spiro atoms. The van der Waals surface area contributed by atoms with Gasteiger partial charge >= 0.3 is 0 Å². The summed E-state index contributed by atoms with van der Waals surface area (Å²) >= 11 is 4.94. The van der Waals surface area contributed by atoms with Crippen LogP contribution >= 0.6 is 27.3 Å². The molecule has 1 heterocycles. The van der Waals surface area contributed by atoms with Gasteiger partial charge in [-0.3, -0.25) is 4.79 Å². The standard InChI is InChI=1S/C20H19BrN2OS/c1-14(21)13-22-19(24)20(2,15-8-4-3-5-9-15)12-18-23-16-10-6-7-11-17(16)25-18/h3-11H,1,12-13H2,2H3,(H,22,24). The molecule has 0 bridgehead atoms. The average molecular weight is 415 g/mol. The van der Waals surface area contributed by atoms with Crippen molar-refractivity contribution < 1.29 is 4.79 Å². The maximum Gasteiger partial charge on any atom is 0.231 e. The summed E-state index contributed by atoms with van der Waals surface area (Å²) in [6, 6.07) is 17.9. The van der Waals surface area contributed by atoms with E-state index >= 15 is 0 Å². The zero-order chi connectivity index (χ0) is 17.9. The van der Waals surface area contributed by atoms with Crippen molar-refractivity contribution in [3.05, 3.63) is 76.2 Å². The molecule has 0 aliphatic heterocycles. The Morgan fingerprint density at radius 3 is 2.56 bits per heavy atom. The maximum atomic E-state index is 13.0. The molecule has 5 heteroatoms. The number of benzene rings is 2. The van der Waals surface area contributed by atoms with Crippen molar-refractivity contribution in [1.82, 2.24) is 10.3 Å². The zero-order valence-corrected chi connectivity index (χ0v) is 16.4. The SMILES string of the molecule is C=C(Br)CNC(=O)C(C)(Cc1nc2ccccc2s1)c1ccccc1. The third-order valence-corrected chi connectivity index (χ3v) is 5.51. The number of amides is 1. The van der Waals surface area contributed by atoms with Gasteiger partial charge in [0, 0.05) is 17.4 Å². The number of halogens is 1.